The van der Waals surface area contributed by atoms with E-state index in [-0.39, 0.29) is 0 Å². The highest BCUT2D eigenvalue weighted by Crippen LogP contribution is 2.26. The van der Waals surface area contributed by atoms with Crippen LogP contribution in [0, 0.1) is 6.92 Å². The van der Waals surface area contributed by atoms with Crippen LogP contribution >= 0.6 is 0 Å². The van der Waals surface area contributed by atoms with Crippen LogP contribution in [0.15, 0.2) is 60.9 Å². The lowest BCUT2D eigenvalue weighted by molar-refractivity contribution is 1.11. The van der Waals surface area contributed by atoms with Crippen molar-refractivity contribution in [1.29, 1.82) is 0 Å². The first-order valence-corrected chi connectivity index (χ1v) is 6.59. The molecule has 1 rings (SSSR count). The summed E-state index contributed by atoms with van der Waals surface area (Å²) in [5, 5.41) is 0. The van der Waals surface area contributed by atoms with E-state index in [0.29, 0.717) is 0 Å². The minimum absolute atomic E-state index is 0.724. The quantitative estimate of drug-likeness (QED) is 0.766. The predicted molar refractivity (Wildman–Crippen MR) is 85.8 cm³/mol. The summed E-state index contributed by atoms with van der Waals surface area (Å²) in [5.74, 6) is 0. The number of benzene rings is 1. The Morgan fingerprint density at radius 2 is 2.05 bits per heavy atom. The molecule has 19 heavy (non-hydrogen) atoms. The van der Waals surface area contributed by atoms with E-state index in [1.165, 1.54) is 11.1 Å². The molecule has 100 valence electrons. The molecule has 0 unspecified atom stereocenters. The molecule has 0 aliphatic carbocycles. The summed E-state index contributed by atoms with van der Waals surface area (Å²) in [6.45, 7) is 14.1. The monoisotopic (exact) mass is 253 g/mol. The lowest BCUT2D eigenvalue weighted by Gasteiger charge is -2.13. The van der Waals surface area contributed by atoms with Crippen molar-refractivity contribution in [3.05, 3.63) is 77.5 Å². The van der Waals surface area contributed by atoms with Crippen LogP contribution in [-0.2, 0) is 6.42 Å². The van der Waals surface area contributed by atoms with Crippen molar-refractivity contribution >= 4 is 5.57 Å². The standard InChI is InChI=1S/C18H23N/c1-6-9-17(18(19)8-3)14(5)16-11-10-15(7-2)13(4)12-16/h6,8-12H,1,5,7,19H2,2-4H3/b17-9-,18-8+. The van der Waals surface area contributed by atoms with E-state index < -0.39 is 0 Å². The van der Waals surface area contributed by atoms with Crippen molar-refractivity contribution in [3.63, 3.8) is 0 Å². The molecular formula is C18H23N. The third kappa shape index (κ3) is 3.47. The topological polar surface area (TPSA) is 26.0 Å². The van der Waals surface area contributed by atoms with Gasteiger partial charge in [-0.2, -0.15) is 0 Å². The summed E-state index contributed by atoms with van der Waals surface area (Å²) in [6, 6.07) is 6.43. The third-order valence-electron chi connectivity index (χ3n) is 3.30. The number of allylic oxidation sites excluding steroid dienone is 4. The first-order valence-electron chi connectivity index (χ1n) is 6.59. The Bertz CT molecular complexity index is 545. The van der Waals surface area contributed by atoms with E-state index in [9.17, 15) is 0 Å². The van der Waals surface area contributed by atoms with Crippen LogP contribution in [0.3, 0.4) is 0 Å². The first-order chi connectivity index (χ1) is 9.04. The smallest absolute Gasteiger partial charge is 0.0350 e. The molecule has 1 nitrogen and oxygen atoms in total. The zero-order chi connectivity index (χ0) is 14.4. The highest BCUT2D eigenvalue weighted by molar-refractivity contribution is 5.82. The van der Waals surface area contributed by atoms with Crippen LogP contribution < -0.4 is 5.73 Å². The number of rotatable bonds is 5. The molecule has 0 fully saturated rings. The molecule has 1 aromatic carbocycles. The summed E-state index contributed by atoms with van der Waals surface area (Å²) in [5.41, 5.74) is 12.4. The minimum Gasteiger partial charge on any atom is -0.398 e. The molecule has 1 heteroatoms. The van der Waals surface area contributed by atoms with Crippen LogP contribution in [0.4, 0.5) is 0 Å². The van der Waals surface area contributed by atoms with Crippen molar-refractivity contribution in [2.24, 2.45) is 5.73 Å². The number of nitrogens with two attached hydrogens (primary N) is 1. The Kier molecular flexibility index (Phi) is 5.37. The number of hydrogen-bond acceptors (Lipinski definition) is 1. The predicted octanol–water partition coefficient (Wildman–Crippen LogP) is 4.55. The molecule has 0 heterocycles. The fourth-order valence-electron chi connectivity index (χ4n) is 2.08. The Labute approximate surface area is 116 Å². The molecule has 0 atom stereocenters. The second kappa shape index (κ2) is 6.79. The van der Waals surface area contributed by atoms with Crippen molar-refractivity contribution in [1.82, 2.24) is 0 Å². The van der Waals surface area contributed by atoms with Crippen molar-refractivity contribution < 1.29 is 0 Å². The summed E-state index contributed by atoms with van der Waals surface area (Å²) < 4.78 is 0. The van der Waals surface area contributed by atoms with Crippen LogP contribution in [0.1, 0.15) is 30.5 Å². The molecule has 2 N–H and O–H groups in total. The van der Waals surface area contributed by atoms with Gasteiger partial charge in [-0.05, 0) is 42.5 Å². The Balaban J connectivity index is 3.21. The molecule has 0 amide bonds. The van der Waals surface area contributed by atoms with Gasteiger partial charge < -0.3 is 5.73 Å². The molecule has 0 saturated carbocycles. The van der Waals surface area contributed by atoms with Gasteiger partial charge in [-0.3, -0.25) is 0 Å². The van der Waals surface area contributed by atoms with Crippen LogP contribution in [0.2, 0.25) is 0 Å². The average Bonchev–Trinajstić information content (AvgIpc) is 2.43. The third-order valence-corrected chi connectivity index (χ3v) is 3.30. The van der Waals surface area contributed by atoms with Gasteiger partial charge in [-0.1, -0.05) is 56.5 Å². The fraction of sp³-hybridized carbons (Fsp3) is 0.222. The maximum absolute atomic E-state index is 6.02. The van der Waals surface area contributed by atoms with E-state index in [1.54, 1.807) is 6.08 Å². The summed E-state index contributed by atoms with van der Waals surface area (Å²) in [6.07, 6.45) is 6.57. The van der Waals surface area contributed by atoms with Gasteiger partial charge in [-0.25, -0.2) is 0 Å². The Hall–Kier alpha value is -2.02. The van der Waals surface area contributed by atoms with E-state index in [4.69, 9.17) is 5.73 Å². The molecule has 0 aromatic heterocycles. The summed E-state index contributed by atoms with van der Waals surface area (Å²) in [7, 11) is 0. The van der Waals surface area contributed by atoms with Gasteiger partial charge in [0.1, 0.15) is 0 Å². The zero-order valence-corrected chi connectivity index (χ0v) is 12.2. The SMILES string of the molecule is C=C/C=C(C(=C)c1ccc(CC)c(C)c1)\C(N)=C/C. The van der Waals surface area contributed by atoms with Gasteiger partial charge in [0.15, 0.2) is 0 Å². The maximum Gasteiger partial charge on any atom is 0.0350 e. The van der Waals surface area contributed by atoms with Gasteiger partial charge in [-0.15, -0.1) is 0 Å². The minimum atomic E-state index is 0.724. The average molecular weight is 253 g/mol. The molecule has 0 aliphatic rings. The van der Waals surface area contributed by atoms with Crippen LogP contribution in [-0.4, -0.2) is 0 Å². The molecule has 0 saturated heterocycles. The molecule has 0 bridgehead atoms. The zero-order valence-electron chi connectivity index (χ0n) is 12.2. The summed E-state index contributed by atoms with van der Waals surface area (Å²) in [4.78, 5) is 0. The second-order valence-electron chi connectivity index (χ2n) is 4.53. The Morgan fingerprint density at radius 1 is 1.37 bits per heavy atom. The lowest BCUT2D eigenvalue weighted by Crippen LogP contribution is -2.03. The largest absolute Gasteiger partial charge is 0.398 e. The van der Waals surface area contributed by atoms with Gasteiger partial charge in [0.2, 0.25) is 0 Å². The lowest BCUT2D eigenvalue weighted by atomic mass is 9.93. The number of aryl methyl sites for hydroxylation is 2. The van der Waals surface area contributed by atoms with Crippen molar-refractivity contribution in [2.45, 2.75) is 27.2 Å². The van der Waals surface area contributed by atoms with Gasteiger partial charge >= 0.3 is 0 Å². The fourth-order valence-corrected chi connectivity index (χ4v) is 2.08. The molecule has 0 radical (unpaired) electrons. The molecular weight excluding hydrogens is 230 g/mol. The van der Waals surface area contributed by atoms with E-state index in [0.717, 1.165) is 28.8 Å². The van der Waals surface area contributed by atoms with E-state index in [2.05, 4.69) is 45.2 Å². The number of hydrogen-bond donors (Lipinski definition) is 1. The highest BCUT2D eigenvalue weighted by atomic mass is 14.6. The van der Waals surface area contributed by atoms with Crippen LogP contribution in [0.5, 0.6) is 0 Å². The maximum atomic E-state index is 6.02. The molecule has 0 aliphatic heterocycles. The van der Waals surface area contributed by atoms with E-state index in [1.807, 2.05) is 19.1 Å². The molecule has 1 aromatic rings. The second-order valence-corrected chi connectivity index (χ2v) is 4.53. The normalized spacial score (nSPS) is 12.4. The molecule has 0 spiro atoms. The van der Waals surface area contributed by atoms with E-state index >= 15 is 0 Å². The first kappa shape index (κ1) is 15.0. The van der Waals surface area contributed by atoms with Gasteiger partial charge in [0, 0.05) is 11.3 Å². The summed E-state index contributed by atoms with van der Waals surface area (Å²) >= 11 is 0. The van der Waals surface area contributed by atoms with Crippen LogP contribution in [0.25, 0.3) is 5.57 Å². The van der Waals surface area contributed by atoms with Crippen molar-refractivity contribution in [2.75, 3.05) is 0 Å². The van der Waals surface area contributed by atoms with Gasteiger partial charge in [0.05, 0.1) is 0 Å². The Morgan fingerprint density at radius 3 is 2.53 bits per heavy atom. The van der Waals surface area contributed by atoms with Gasteiger partial charge in [0.25, 0.3) is 0 Å². The van der Waals surface area contributed by atoms with Crippen molar-refractivity contribution in [3.8, 4) is 0 Å². The highest BCUT2D eigenvalue weighted by Gasteiger charge is 2.08.